The summed E-state index contributed by atoms with van der Waals surface area (Å²) in [6.07, 6.45) is 4.87. The van der Waals surface area contributed by atoms with Crippen LogP contribution in [0.25, 0.3) is 0 Å². The molecule has 1 aromatic heterocycles. The van der Waals surface area contributed by atoms with Crippen molar-refractivity contribution in [2.45, 2.75) is 18.9 Å². The van der Waals surface area contributed by atoms with E-state index in [1.807, 2.05) is 0 Å². The van der Waals surface area contributed by atoms with Crippen molar-refractivity contribution in [1.29, 1.82) is 0 Å². The minimum Gasteiger partial charge on any atom is -0.349 e. The molecule has 0 saturated carbocycles. The van der Waals surface area contributed by atoms with E-state index in [1.54, 1.807) is 18.5 Å². The second kappa shape index (κ2) is 6.68. The third kappa shape index (κ3) is 3.61. The van der Waals surface area contributed by atoms with Crippen molar-refractivity contribution >= 4 is 11.9 Å². The maximum atomic E-state index is 13.2. The second-order valence-electron chi connectivity index (χ2n) is 5.41. The highest BCUT2D eigenvalue weighted by Crippen LogP contribution is 2.16. The molecular weight excluding hydrogens is 302 g/mol. The Labute approximate surface area is 132 Å². The summed E-state index contributed by atoms with van der Waals surface area (Å²) in [4.78, 5) is 22.6. The van der Waals surface area contributed by atoms with Gasteiger partial charge in [0.05, 0.1) is 0 Å². The molecule has 3 rings (SSSR count). The first kappa shape index (κ1) is 15.3. The van der Waals surface area contributed by atoms with Crippen molar-refractivity contribution in [3.8, 4) is 0 Å². The van der Waals surface area contributed by atoms with Gasteiger partial charge in [-0.3, -0.25) is 4.79 Å². The number of rotatable bonds is 3. The zero-order chi connectivity index (χ0) is 16.2. The third-order valence-electron chi connectivity index (χ3n) is 3.85. The van der Waals surface area contributed by atoms with E-state index in [1.165, 1.54) is 6.07 Å². The van der Waals surface area contributed by atoms with E-state index in [4.69, 9.17) is 0 Å². The van der Waals surface area contributed by atoms with Crippen LogP contribution in [0.1, 0.15) is 23.2 Å². The molecule has 5 nitrogen and oxygen atoms in total. The average molecular weight is 318 g/mol. The van der Waals surface area contributed by atoms with Crippen LogP contribution in [0.2, 0.25) is 0 Å². The van der Waals surface area contributed by atoms with Gasteiger partial charge >= 0.3 is 0 Å². The first-order valence-electron chi connectivity index (χ1n) is 7.41. The minimum absolute atomic E-state index is 0.00410. The van der Waals surface area contributed by atoms with Gasteiger partial charge in [0.1, 0.15) is 0 Å². The van der Waals surface area contributed by atoms with Crippen molar-refractivity contribution in [2.24, 2.45) is 0 Å². The van der Waals surface area contributed by atoms with Crippen LogP contribution >= 0.6 is 0 Å². The number of nitrogens with zero attached hydrogens (tertiary/aromatic N) is 3. The molecule has 2 heterocycles. The lowest BCUT2D eigenvalue weighted by Gasteiger charge is -2.32. The van der Waals surface area contributed by atoms with Crippen molar-refractivity contribution in [3.63, 3.8) is 0 Å². The summed E-state index contributed by atoms with van der Waals surface area (Å²) in [6.45, 7) is 1.46. The van der Waals surface area contributed by atoms with Gasteiger partial charge in [-0.05, 0) is 37.1 Å². The van der Waals surface area contributed by atoms with Crippen LogP contribution in [0.5, 0.6) is 0 Å². The van der Waals surface area contributed by atoms with Gasteiger partial charge in [0, 0.05) is 37.1 Å². The predicted molar refractivity (Wildman–Crippen MR) is 81.1 cm³/mol. The maximum absolute atomic E-state index is 13.2. The quantitative estimate of drug-likeness (QED) is 0.942. The molecule has 0 bridgehead atoms. The first-order chi connectivity index (χ1) is 11.1. The molecule has 0 unspecified atom stereocenters. The Morgan fingerprint density at radius 3 is 2.48 bits per heavy atom. The van der Waals surface area contributed by atoms with Gasteiger partial charge in [-0.2, -0.15) is 0 Å². The van der Waals surface area contributed by atoms with Crippen molar-refractivity contribution < 1.29 is 13.6 Å². The number of anilines is 1. The second-order valence-corrected chi connectivity index (χ2v) is 5.41. The van der Waals surface area contributed by atoms with Crippen LogP contribution in [0.4, 0.5) is 14.7 Å². The van der Waals surface area contributed by atoms with Crippen LogP contribution in [0, 0.1) is 11.6 Å². The topological polar surface area (TPSA) is 58.1 Å². The van der Waals surface area contributed by atoms with E-state index < -0.39 is 17.5 Å². The molecule has 23 heavy (non-hydrogen) atoms. The van der Waals surface area contributed by atoms with Crippen molar-refractivity contribution in [1.82, 2.24) is 15.3 Å². The van der Waals surface area contributed by atoms with Crippen LogP contribution in [-0.2, 0) is 0 Å². The Morgan fingerprint density at radius 2 is 1.83 bits per heavy atom. The SMILES string of the molecule is O=C(NC1CCN(c2ncccn2)CC1)c1ccc(F)c(F)c1. The van der Waals surface area contributed by atoms with Gasteiger partial charge in [0.2, 0.25) is 5.95 Å². The molecule has 1 aliphatic heterocycles. The number of halogens is 2. The Morgan fingerprint density at radius 1 is 1.13 bits per heavy atom. The number of benzene rings is 1. The molecule has 1 saturated heterocycles. The molecule has 0 atom stereocenters. The highest BCUT2D eigenvalue weighted by molar-refractivity contribution is 5.94. The zero-order valence-electron chi connectivity index (χ0n) is 12.4. The lowest BCUT2D eigenvalue weighted by atomic mass is 10.0. The molecule has 0 aliphatic carbocycles. The lowest BCUT2D eigenvalue weighted by molar-refractivity contribution is 0.0930. The molecule has 1 N–H and O–H groups in total. The number of carbonyl (C=O) groups is 1. The number of carbonyl (C=O) groups excluding carboxylic acids is 1. The van der Waals surface area contributed by atoms with Crippen LogP contribution in [0.15, 0.2) is 36.7 Å². The molecule has 1 aliphatic rings. The van der Waals surface area contributed by atoms with E-state index in [-0.39, 0.29) is 11.6 Å². The highest BCUT2D eigenvalue weighted by Gasteiger charge is 2.22. The summed E-state index contributed by atoms with van der Waals surface area (Å²) < 4.78 is 26.1. The minimum atomic E-state index is -1.02. The number of piperidine rings is 1. The van der Waals surface area contributed by atoms with Crippen molar-refractivity contribution in [2.75, 3.05) is 18.0 Å². The van der Waals surface area contributed by atoms with Gasteiger partial charge in [0.25, 0.3) is 5.91 Å². The molecule has 7 heteroatoms. The van der Waals surface area contributed by atoms with Gasteiger partial charge in [-0.25, -0.2) is 18.7 Å². The number of aromatic nitrogens is 2. The standard InChI is InChI=1S/C16H16F2N4O/c17-13-3-2-11(10-14(13)18)15(23)21-12-4-8-22(9-5-12)16-19-6-1-7-20-16/h1-3,6-7,10,12H,4-5,8-9H2,(H,21,23). The molecule has 120 valence electrons. The van der Waals surface area contributed by atoms with Crippen LogP contribution in [-0.4, -0.2) is 35.0 Å². The summed E-state index contributed by atoms with van der Waals surface area (Å²) in [7, 11) is 0. The molecule has 0 spiro atoms. The Bertz CT molecular complexity index is 688. The average Bonchev–Trinajstić information content (AvgIpc) is 2.59. The molecule has 1 amide bonds. The van der Waals surface area contributed by atoms with Gasteiger partial charge in [-0.15, -0.1) is 0 Å². The number of amides is 1. The first-order valence-corrected chi connectivity index (χ1v) is 7.41. The Hall–Kier alpha value is -2.57. The van der Waals surface area contributed by atoms with E-state index in [0.717, 1.165) is 38.1 Å². The highest BCUT2D eigenvalue weighted by atomic mass is 19.2. The normalized spacial score (nSPS) is 15.5. The van der Waals surface area contributed by atoms with E-state index in [2.05, 4.69) is 20.2 Å². The maximum Gasteiger partial charge on any atom is 0.251 e. The summed E-state index contributed by atoms with van der Waals surface area (Å²) in [5.41, 5.74) is 0.123. The smallest absolute Gasteiger partial charge is 0.251 e. The molecule has 1 fully saturated rings. The summed E-state index contributed by atoms with van der Waals surface area (Å²) in [5, 5.41) is 2.86. The lowest BCUT2D eigenvalue weighted by Crippen LogP contribution is -2.45. The van der Waals surface area contributed by atoms with E-state index >= 15 is 0 Å². The summed E-state index contributed by atoms with van der Waals surface area (Å²) in [5.74, 6) is -1.69. The summed E-state index contributed by atoms with van der Waals surface area (Å²) in [6, 6.07) is 4.91. The number of nitrogens with one attached hydrogen (secondary N) is 1. The summed E-state index contributed by atoms with van der Waals surface area (Å²) >= 11 is 0. The zero-order valence-corrected chi connectivity index (χ0v) is 12.4. The predicted octanol–water partition coefficient (Wildman–Crippen LogP) is 2.15. The fourth-order valence-corrected chi connectivity index (χ4v) is 2.58. The van der Waals surface area contributed by atoms with E-state index in [0.29, 0.717) is 5.95 Å². The molecule has 0 radical (unpaired) electrons. The number of hydrogen-bond donors (Lipinski definition) is 1. The van der Waals surface area contributed by atoms with Crippen molar-refractivity contribution in [3.05, 3.63) is 53.9 Å². The fourth-order valence-electron chi connectivity index (χ4n) is 2.58. The van der Waals surface area contributed by atoms with E-state index in [9.17, 15) is 13.6 Å². The fraction of sp³-hybridized carbons (Fsp3) is 0.312. The molecule has 1 aromatic carbocycles. The monoisotopic (exact) mass is 318 g/mol. The Balaban J connectivity index is 1.56. The van der Waals surface area contributed by atoms with Crippen LogP contribution in [0.3, 0.4) is 0 Å². The molecular formula is C16H16F2N4O. The van der Waals surface area contributed by atoms with Gasteiger partial charge < -0.3 is 10.2 Å². The molecule has 2 aromatic rings. The van der Waals surface area contributed by atoms with Gasteiger partial charge in [0.15, 0.2) is 11.6 Å². The Kier molecular flexibility index (Phi) is 4.45. The largest absolute Gasteiger partial charge is 0.349 e. The third-order valence-corrected chi connectivity index (χ3v) is 3.85. The van der Waals surface area contributed by atoms with Crippen LogP contribution < -0.4 is 10.2 Å². The number of hydrogen-bond acceptors (Lipinski definition) is 4. The van der Waals surface area contributed by atoms with Gasteiger partial charge in [-0.1, -0.05) is 0 Å².